The number of nitrogens with zero attached hydrogens (tertiary/aromatic N) is 1. The Hall–Kier alpha value is -1.17. The molecule has 0 amide bonds. The van der Waals surface area contributed by atoms with Crippen LogP contribution < -0.4 is 5.32 Å². The number of hydrogen-bond acceptors (Lipinski definition) is 2. The Morgan fingerprint density at radius 1 is 1.00 bits per heavy atom. The Kier molecular flexibility index (Phi) is 4.86. The second-order valence-corrected chi connectivity index (χ2v) is 5.31. The number of nitrogens with one attached hydrogen (secondary N) is 1. The molecule has 1 N–H and O–H groups in total. The van der Waals surface area contributed by atoms with Gasteiger partial charge < -0.3 is 5.32 Å². The Balaban J connectivity index is 2.08. The third kappa shape index (κ3) is 4.15. The van der Waals surface area contributed by atoms with E-state index in [1.165, 1.54) is 18.2 Å². The lowest BCUT2D eigenvalue weighted by atomic mass is 10.1. The van der Waals surface area contributed by atoms with Gasteiger partial charge in [0.2, 0.25) is 0 Å². The van der Waals surface area contributed by atoms with Gasteiger partial charge in [-0.2, -0.15) is 13.2 Å². The van der Waals surface area contributed by atoms with Crippen molar-refractivity contribution in [1.82, 2.24) is 4.98 Å². The van der Waals surface area contributed by atoms with E-state index in [0.717, 1.165) is 12.1 Å². The molecular weight excluding hydrogens is 348 g/mol. The maximum absolute atomic E-state index is 12.4. The summed E-state index contributed by atoms with van der Waals surface area (Å²) in [6.45, 7) is 0.253. The van der Waals surface area contributed by atoms with Crippen LogP contribution >= 0.6 is 34.8 Å². The maximum Gasteiger partial charge on any atom is 0.416 e. The molecule has 0 aliphatic rings. The van der Waals surface area contributed by atoms with E-state index in [0.29, 0.717) is 11.4 Å². The molecule has 0 aliphatic carbocycles. The highest BCUT2D eigenvalue weighted by Gasteiger charge is 2.29. The first-order valence-electron chi connectivity index (χ1n) is 5.69. The molecule has 0 radical (unpaired) electrons. The first kappa shape index (κ1) is 16.2. The smallest absolute Gasteiger partial charge is 0.365 e. The van der Waals surface area contributed by atoms with E-state index in [1.54, 1.807) is 0 Å². The Morgan fingerprint density at radius 3 is 2.19 bits per heavy atom. The molecule has 0 bridgehead atoms. The number of halogens is 6. The summed E-state index contributed by atoms with van der Waals surface area (Å²) >= 11 is 17.5. The van der Waals surface area contributed by atoms with Crippen molar-refractivity contribution in [2.45, 2.75) is 12.7 Å². The Labute approximate surface area is 133 Å². The van der Waals surface area contributed by atoms with Gasteiger partial charge in [0.05, 0.1) is 15.6 Å². The summed E-state index contributed by atoms with van der Waals surface area (Å²) in [5.74, 6) is 0.311. The van der Waals surface area contributed by atoms with Crippen LogP contribution in [0, 0.1) is 0 Å². The zero-order valence-electron chi connectivity index (χ0n) is 10.3. The van der Waals surface area contributed by atoms with Crippen LogP contribution in [0.4, 0.5) is 19.0 Å². The summed E-state index contributed by atoms with van der Waals surface area (Å²) in [4.78, 5) is 3.95. The molecule has 0 saturated carbocycles. The second kappa shape index (κ2) is 6.30. The normalized spacial score (nSPS) is 11.5. The summed E-state index contributed by atoms with van der Waals surface area (Å²) in [6, 6.07) is 6.22. The molecule has 0 aliphatic heterocycles. The third-order valence-corrected chi connectivity index (χ3v) is 3.59. The predicted octanol–water partition coefficient (Wildman–Crippen LogP) is 5.67. The van der Waals surface area contributed by atoms with Crippen molar-refractivity contribution in [2.75, 3.05) is 5.32 Å². The minimum Gasteiger partial charge on any atom is -0.365 e. The predicted molar refractivity (Wildman–Crippen MR) is 78.0 cm³/mol. The van der Waals surface area contributed by atoms with Gasteiger partial charge in [-0.15, -0.1) is 0 Å². The van der Waals surface area contributed by atoms with Gasteiger partial charge in [-0.05, 0) is 23.8 Å². The molecule has 21 heavy (non-hydrogen) atoms. The molecule has 0 fully saturated rings. The fraction of sp³-hybridized carbons (Fsp3) is 0.154. The van der Waals surface area contributed by atoms with E-state index in [-0.39, 0.29) is 21.7 Å². The molecule has 1 aromatic heterocycles. The van der Waals surface area contributed by atoms with Crippen LogP contribution in [0.5, 0.6) is 0 Å². The van der Waals surface area contributed by atoms with E-state index < -0.39 is 11.7 Å². The Bertz CT molecular complexity index is 642. The lowest BCUT2D eigenvalue weighted by molar-refractivity contribution is -0.137. The van der Waals surface area contributed by atoms with Crippen molar-refractivity contribution in [3.05, 3.63) is 56.7 Å². The molecule has 8 heteroatoms. The number of rotatable bonds is 3. The van der Waals surface area contributed by atoms with Gasteiger partial charge in [0.25, 0.3) is 0 Å². The maximum atomic E-state index is 12.4. The molecule has 2 rings (SSSR count). The number of pyridine rings is 1. The molecule has 0 atom stereocenters. The van der Waals surface area contributed by atoms with E-state index in [9.17, 15) is 13.2 Å². The zero-order chi connectivity index (χ0) is 15.6. The van der Waals surface area contributed by atoms with Crippen molar-refractivity contribution < 1.29 is 13.2 Å². The number of aromatic nitrogens is 1. The summed E-state index contributed by atoms with van der Waals surface area (Å²) < 4.78 is 37.3. The standard InChI is InChI=1S/C13H8Cl3F3N2/c14-9-5-10(15)12(21-11(9)16)20-6-7-1-3-8(4-2-7)13(17,18)19/h1-5H,6H2,(H,20,21). The number of hydrogen-bond donors (Lipinski definition) is 1. The highest BCUT2D eigenvalue weighted by atomic mass is 35.5. The first-order chi connectivity index (χ1) is 9.77. The van der Waals surface area contributed by atoms with Crippen LogP contribution in [-0.4, -0.2) is 4.98 Å². The fourth-order valence-electron chi connectivity index (χ4n) is 1.57. The minimum absolute atomic E-state index is 0.0935. The second-order valence-electron chi connectivity index (χ2n) is 4.14. The average molecular weight is 356 g/mol. The highest BCUT2D eigenvalue weighted by molar-refractivity contribution is 6.42. The molecule has 112 valence electrons. The summed E-state index contributed by atoms with van der Waals surface area (Å²) in [7, 11) is 0. The number of benzene rings is 1. The molecule has 0 saturated heterocycles. The van der Waals surface area contributed by atoms with Crippen LogP contribution in [0.2, 0.25) is 15.2 Å². The summed E-state index contributed by atoms with van der Waals surface area (Å²) in [5.41, 5.74) is -0.0520. The fourth-order valence-corrected chi connectivity index (χ4v) is 2.13. The molecule has 1 heterocycles. The van der Waals surface area contributed by atoms with Gasteiger partial charge in [0.1, 0.15) is 11.0 Å². The van der Waals surface area contributed by atoms with Crippen molar-refractivity contribution >= 4 is 40.6 Å². The van der Waals surface area contributed by atoms with Gasteiger partial charge in [0.15, 0.2) is 0 Å². The van der Waals surface area contributed by atoms with Crippen molar-refractivity contribution in [2.24, 2.45) is 0 Å². The van der Waals surface area contributed by atoms with Crippen molar-refractivity contribution in [3.63, 3.8) is 0 Å². The molecule has 0 spiro atoms. The largest absolute Gasteiger partial charge is 0.416 e. The summed E-state index contributed by atoms with van der Waals surface area (Å²) in [5, 5.41) is 3.48. The molecular formula is C13H8Cl3F3N2. The topological polar surface area (TPSA) is 24.9 Å². The van der Waals surface area contributed by atoms with Crippen molar-refractivity contribution in [1.29, 1.82) is 0 Å². The molecule has 2 aromatic rings. The first-order valence-corrected chi connectivity index (χ1v) is 6.82. The molecule has 1 aromatic carbocycles. The van der Waals surface area contributed by atoms with Crippen LogP contribution in [-0.2, 0) is 12.7 Å². The summed E-state index contributed by atoms with van der Waals surface area (Å²) in [6.07, 6.45) is -4.35. The molecule has 0 unspecified atom stereocenters. The SMILES string of the molecule is FC(F)(F)c1ccc(CNc2nc(Cl)c(Cl)cc2Cl)cc1. The van der Waals surface area contributed by atoms with E-state index in [4.69, 9.17) is 34.8 Å². The highest BCUT2D eigenvalue weighted by Crippen LogP contribution is 2.30. The van der Waals surface area contributed by atoms with Crippen LogP contribution in [0.25, 0.3) is 0 Å². The van der Waals surface area contributed by atoms with Crippen LogP contribution in [0.1, 0.15) is 11.1 Å². The van der Waals surface area contributed by atoms with Crippen LogP contribution in [0.15, 0.2) is 30.3 Å². The van der Waals surface area contributed by atoms with Gasteiger partial charge in [-0.3, -0.25) is 0 Å². The van der Waals surface area contributed by atoms with E-state index in [1.807, 2.05) is 0 Å². The minimum atomic E-state index is -4.35. The van der Waals surface area contributed by atoms with Gasteiger partial charge in [-0.25, -0.2) is 4.98 Å². The van der Waals surface area contributed by atoms with E-state index >= 15 is 0 Å². The lowest BCUT2D eigenvalue weighted by Crippen LogP contribution is -2.06. The zero-order valence-corrected chi connectivity index (χ0v) is 12.6. The molecule has 2 nitrogen and oxygen atoms in total. The Morgan fingerprint density at radius 2 is 1.62 bits per heavy atom. The monoisotopic (exact) mass is 354 g/mol. The van der Waals surface area contributed by atoms with Gasteiger partial charge >= 0.3 is 6.18 Å². The van der Waals surface area contributed by atoms with Crippen molar-refractivity contribution in [3.8, 4) is 0 Å². The lowest BCUT2D eigenvalue weighted by Gasteiger charge is -2.10. The average Bonchev–Trinajstić information content (AvgIpc) is 2.41. The number of alkyl halides is 3. The number of anilines is 1. The van der Waals surface area contributed by atoms with E-state index in [2.05, 4.69) is 10.3 Å². The third-order valence-electron chi connectivity index (χ3n) is 2.63. The van der Waals surface area contributed by atoms with Gasteiger partial charge in [-0.1, -0.05) is 46.9 Å². The quantitative estimate of drug-likeness (QED) is 0.717. The van der Waals surface area contributed by atoms with Crippen LogP contribution in [0.3, 0.4) is 0 Å². The van der Waals surface area contributed by atoms with Gasteiger partial charge in [0, 0.05) is 6.54 Å².